The molecule has 1 N–H and O–H groups in total. The monoisotopic (exact) mass is 482 g/mol. The lowest BCUT2D eigenvalue weighted by atomic mass is 10.1. The molecule has 0 saturated heterocycles. The van der Waals surface area contributed by atoms with Gasteiger partial charge in [0.2, 0.25) is 0 Å². The Labute approximate surface area is 195 Å². The van der Waals surface area contributed by atoms with Gasteiger partial charge in [-0.25, -0.2) is 13.2 Å². The van der Waals surface area contributed by atoms with E-state index < -0.39 is 16.0 Å². The summed E-state index contributed by atoms with van der Waals surface area (Å²) in [6.07, 6.45) is 0. The van der Waals surface area contributed by atoms with Gasteiger partial charge in [0.15, 0.2) is 0 Å². The maximum Gasteiger partial charge on any atom is 0.338 e. The third-order valence-corrected chi connectivity index (χ3v) is 7.43. The van der Waals surface area contributed by atoms with E-state index in [1.165, 1.54) is 18.2 Å². The summed E-state index contributed by atoms with van der Waals surface area (Å²) in [7, 11) is -3.95. The number of ether oxygens (including phenoxy) is 1. The number of aryl methyl sites for hydroxylation is 1. The number of sulfonamides is 1. The van der Waals surface area contributed by atoms with Crippen molar-refractivity contribution in [1.29, 1.82) is 0 Å². The molecule has 0 atom stereocenters. The van der Waals surface area contributed by atoms with Gasteiger partial charge in [-0.1, -0.05) is 47.7 Å². The molecule has 3 aromatic carbocycles. The molecule has 9 heteroatoms. The van der Waals surface area contributed by atoms with Crippen LogP contribution in [0.5, 0.6) is 0 Å². The number of carbonyl (C=O) groups excluding carboxylic acids is 1. The molecule has 0 unspecified atom stereocenters. The number of anilines is 1. The first-order valence-corrected chi connectivity index (χ1v) is 12.6. The molecule has 0 fully saturated rings. The Bertz CT molecular complexity index is 1490. The van der Waals surface area contributed by atoms with Crippen LogP contribution in [0.25, 0.3) is 10.2 Å². The fourth-order valence-electron chi connectivity index (χ4n) is 3.41. The van der Waals surface area contributed by atoms with Crippen LogP contribution in [0, 0.1) is 6.92 Å². The summed E-state index contributed by atoms with van der Waals surface area (Å²) in [6.45, 7) is 4.07. The van der Waals surface area contributed by atoms with Crippen LogP contribution in [0.4, 0.5) is 5.69 Å². The van der Waals surface area contributed by atoms with Gasteiger partial charge in [-0.05, 0) is 55.3 Å². The Balaban J connectivity index is 1.66. The fraction of sp³-hybridized carbons (Fsp3) is 0.167. The van der Waals surface area contributed by atoms with Gasteiger partial charge >= 0.3 is 10.8 Å². The lowest BCUT2D eigenvalue weighted by Gasteiger charge is -2.12. The predicted octanol–water partition coefficient (Wildman–Crippen LogP) is 4.40. The highest BCUT2D eigenvalue weighted by Crippen LogP contribution is 2.26. The van der Waals surface area contributed by atoms with E-state index in [0.29, 0.717) is 22.3 Å². The van der Waals surface area contributed by atoms with E-state index in [1.54, 1.807) is 36.6 Å². The highest BCUT2D eigenvalue weighted by molar-refractivity contribution is 7.92. The first-order chi connectivity index (χ1) is 15.8. The Hall–Kier alpha value is -3.43. The van der Waals surface area contributed by atoms with Gasteiger partial charge in [-0.2, -0.15) is 0 Å². The van der Waals surface area contributed by atoms with Crippen molar-refractivity contribution in [3.8, 4) is 0 Å². The number of hydrogen-bond donors (Lipinski definition) is 1. The van der Waals surface area contributed by atoms with E-state index in [9.17, 15) is 18.0 Å². The molecule has 0 aliphatic rings. The molecular formula is C24H22N2O5S2. The second-order valence-electron chi connectivity index (χ2n) is 7.42. The minimum Gasteiger partial charge on any atom is -0.462 e. The largest absolute Gasteiger partial charge is 0.462 e. The highest BCUT2D eigenvalue weighted by Gasteiger charge is 2.19. The number of thiazole rings is 1. The number of benzene rings is 3. The summed E-state index contributed by atoms with van der Waals surface area (Å²) in [6, 6.07) is 18.9. The molecule has 0 radical (unpaired) electrons. The summed E-state index contributed by atoms with van der Waals surface area (Å²) in [5.74, 6) is -0.524. The maximum absolute atomic E-state index is 13.1. The topological polar surface area (TPSA) is 94.5 Å². The minimum absolute atomic E-state index is 0.0315. The van der Waals surface area contributed by atoms with Crippen molar-refractivity contribution in [2.75, 3.05) is 11.3 Å². The van der Waals surface area contributed by atoms with Crippen molar-refractivity contribution in [2.45, 2.75) is 25.3 Å². The van der Waals surface area contributed by atoms with Gasteiger partial charge < -0.3 is 4.74 Å². The van der Waals surface area contributed by atoms with E-state index in [1.807, 2.05) is 30.3 Å². The van der Waals surface area contributed by atoms with E-state index >= 15 is 0 Å². The van der Waals surface area contributed by atoms with Crippen LogP contribution in [0.15, 0.2) is 76.4 Å². The molecule has 1 heterocycles. The molecule has 0 spiro atoms. The van der Waals surface area contributed by atoms with E-state index in [4.69, 9.17) is 4.74 Å². The van der Waals surface area contributed by atoms with Gasteiger partial charge in [-0.3, -0.25) is 14.1 Å². The van der Waals surface area contributed by atoms with E-state index in [-0.39, 0.29) is 27.6 Å². The highest BCUT2D eigenvalue weighted by atomic mass is 32.2. The van der Waals surface area contributed by atoms with Crippen LogP contribution in [-0.2, 0) is 21.3 Å². The molecule has 0 aliphatic heterocycles. The summed E-state index contributed by atoms with van der Waals surface area (Å²) in [4.78, 5) is 24.5. The number of nitrogens with zero attached hydrogens (tertiary/aromatic N) is 1. The zero-order chi connectivity index (χ0) is 23.6. The number of nitrogens with one attached hydrogen (secondary N) is 1. The second-order valence-corrected chi connectivity index (χ2v) is 10.1. The Morgan fingerprint density at radius 3 is 2.55 bits per heavy atom. The van der Waals surface area contributed by atoms with Gasteiger partial charge in [0, 0.05) is 0 Å². The standard InChI is InChI=1S/C24H22N2O5S2/c1-3-31-23(27)18-10-9-16(2)20(13-18)25-33(29,30)19-11-12-21-22(14-19)32-24(28)26(21)15-17-7-5-4-6-8-17/h4-14,25H,3,15H2,1-2H3. The summed E-state index contributed by atoms with van der Waals surface area (Å²) < 4.78 is 35.9. The smallest absolute Gasteiger partial charge is 0.338 e. The number of hydrogen-bond acceptors (Lipinski definition) is 6. The molecule has 0 amide bonds. The lowest BCUT2D eigenvalue weighted by Crippen LogP contribution is -2.15. The van der Waals surface area contributed by atoms with Crippen LogP contribution in [0.3, 0.4) is 0 Å². The maximum atomic E-state index is 13.1. The lowest BCUT2D eigenvalue weighted by molar-refractivity contribution is 0.0526. The summed E-state index contributed by atoms with van der Waals surface area (Å²) >= 11 is 1.00. The summed E-state index contributed by atoms with van der Waals surface area (Å²) in [5, 5.41) is 0. The number of esters is 1. The Morgan fingerprint density at radius 2 is 1.82 bits per heavy atom. The predicted molar refractivity (Wildman–Crippen MR) is 130 cm³/mol. The second kappa shape index (κ2) is 9.21. The molecule has 33 heavy (non-hydrogen) atoms. The Kier molecular flexibility index (Phi) is 6.35. The quantitative estimate of drug-likeness (QED) is 0.394. The SMILES string of the molecule is CCOC(=O)c1ccc(C)c(NS(=O)(=O)c2ccc3c(c2)sc(=O)n3Cc2ccccc2)c1. The van der Waals surface area contributed by atoms with E-state index in [2.05, 4.69) is 4.72 Å². The Morgan fingerprint density at radius 1 is 1.06 bits per heavy atom. The molecule has 4 aromatic rings. The van der Waals surface area contributed by atoms with Crippen molar-refractivity contribution in [1.82, 2.24) is 4.57 Å². The van der Waals surface area contributed by atoms with Crippen LogP contribution in [0.2, 0.25) is 0 Å². The van der Waals surface area contributed by atoms with Crippen LogP contribution in [-0.4, -0.2) is 25.6 Å². The summed E-state index contributed by atoms with van der Waals surface area (Å²) in [5.41, 5.74) is 2.86. The number of fused-ring (bicyclic) bond motifs is 1. The molecule has 0 aliphatic carbocycles. The van der Waals surface area contributed by atoms with Crippen LogP contribution in [0.1, 0.15) is 28.4 Å². The minimum atomic E-state index is -3.95. The number of carbonyl (C=O) groups is 1. The van der Waals surface area contributed by atoms with Crippen molar-refractivity contribution < 1.29 is 17.9 Å². The molecule has 7 nitrogen and oxygen atoms in total. The molecule has 1 aromatic heterocycles. The molecular weight excluding hydrogens is 460 g/mol. The van der Waals surface area contributed by atoms with Gasteiger partial charge in [-0.15, -0.1) is 0 Å². The number of rotatable bonds is 7. The molecule has 0 bridgehead atoms. The van der Waals surface area contributed by atoms with Crippen molar-refractivity contribution >= 4 is 43.2 Å². The first-order valence-electron chi connectivity index (χ1n) is 10.3. The molecule has 4 rings (SSSR count). The van der Waals surface area contributed by atoms with Crippen molar-refractivity contribution in [3.63, 3.8) is 0 Å². The molecule has 170 valence electrons. The third-order valence-electron chi connectivity index (χ3n) is 5.13. The number of aromatic nitrogens is 1. The van der Waals surface area contributed by atoms with Crippen molar-refractivity contribution in [2.24, 2.45) is 0 Å². The average Bonchev–Trinajstić information content (AvgIpc) is 3.10. The van der Waals surface area contributed by atoms with Crippen molar-refractivity contribution in [3.05, 3.63) is 93.1 Å². The van der Waals surface area contributed by atoms with E-state index in [0.717, 1.165) is 16.9 Å². The van der Waals surface area contributed by atoms with Crippen LogP contribution < -0.4 is 9.60 Å². The molecule has 0 saturated carbocycles. The van der Waals surface area contributed by atoms with Gasteiger partial charge in [0.25, 0.3) is 10.0 Å². The zero-order valence-electron chi connectivity index (χ0n) is 18.1. The fourth-order valence-corrected chi connectivity index (χ4v) is 5.56. The van der Waals surface area contributed by atoms with Gasteiger partial charge in [0.1, 0.15) is 0 Å². The zero-order valence-corrected chi connectivity index (χ0v) is 19.7. The van der Waals surface area contributed by atoms with Crippen LogP contribution >= 0.6 is 11.3 Å². The average molecular weight is 483 g/mol. The van der Waals surface area contributed by atoms with Gasteiger partial charge in [0.05, 0.1) is 39.5 Å². The third kappa shape index (κ3) is 4.84. The first kappa shape index (κ1) is 22.8. The normalized spacial score (nSPS) is 11.5.